The van der Waals surface area contributed by atoms with Crippen LogP contribution in [0.2, 0.25) is 0 Å². The molecule has 1 atom stereocenters. The zero-order chi connectivity index (χ0) is 15.9. The number of esters is 1. The van der Waals surface area contributed by atoms with Crippen LogP contribution < -0.4 is 5.32 Å². The number of carbonyl (C=O) groups is 1. The van der Waals surface area contributed by atoms with Crippen molar-refractivity contribution in [3.05, 3.63) is 0 Å². The molecule has 1 aliphatic rings. The Morgan fingerprint density at radius 1 is 1.43 bits per heavy atom. The van der Waals surface area contributed by atoms with Gasteiger partial charge in [0, 0.05) is 13.1 Å². The number of nitrogens with zero attached hydrogens (tertiary/aromatic N) is 1. The van der Waals surface area contributed by atoms with Crippen LogP contribution in [-0.4, -0.2) is 62.9 Å². The molecule has 0 spiro atoms. The van der Waals surface area contributed by atoms with Crippen molar-refractivity contribution in [2.45, 2.75) is 51.7 Å². The largest absolute Gasteiger partial charge is 0.468 e. The van der Waals surface area contributed by atoms with Crippen LogP contribution in [0.25, 0.3) is 0 Å². The smallest absolute Gasteiger partial charge is 0.327 e. The summed E-state index contributed by atoms with van der Waals surface area (Å²) in [4.78, 5) is 14.6. The summed E-state index contributed by atoms with van der Waals surface area (Å²) in [5, 5.41) is 3.47. The van der Waals surface area contributed by atoms with Crippen molar-refractivity contribution >= 4 is 5.97 Å². The molecule has 1 unspecified atom stereocenters. The average molecular weight is 300 g/mol. The van der Waals surface area contributed by atoms with E-state index in [0.29, 0.717) is 19.1 Å². The number of rotatable bonds is 11. The third-order valence-corrected chi connectivity index (χ3v) is 3.96. The second-order valence-electron chi connectivity index (χ2n) is 6.32. The molecule has 0 saturated heterocycles. The summed E-state index contributed by atoms with van der Waals surface area (Å²) in [5.41, 5.74) is -0.558. The summed E-state index contributed by atoms with van der Waals surface area (Å²) in [6.45, 7) is 9.19. The Morgan fingerprint density at radius 3 is 2.57 bits per heavy atom. The van der Waals surface area contributed by atoms with E-state index in [1.165, 1.54) is 7.11 Å². The average Bonchev–Trinajstić information content (AvgIpc) is 3.27. The van der Waals surface area contributed by atoms with Gasteiger partial charge in [-0.05, 0) is 52.6 Å². The molecule has 1 rings (SSSR count). The van der Waals surface area contributed by atoms with Crippen LogP contribution in [0.15, 0.2) is 0 Å². The second-order valence-corrected chi connectivity index (χ2v) is 6.32. The van der Waals surface area contributed by atoms with Crippen molar-refractivity contribution in [3.63, 3.8) is 0 Å². The van der Waals surface area contributed by atoms with Crippen LogP contribution in [0, 0.1) is 5.92 Å². The van der Waals surface area contributed by atoms with Gasteiger partial charge in [-0.3, -0.25) is 0 Å². The van der Waals surface area contributed by atoms with Crippen molar-refractivity contribution in [3.8, 4) is 0 Å². The first-order chi connectivity index (χ1) is 9.96. The fraction of sp³-hybridized carbons (Fsp3) is 0.938. The molecule has 0 bridgehead atoms. The van der Waals surface area contributed by atoms with Gasteiger partial charge in [0.2, 0.25) is 0 Å². The Kier molecular flexibility index (Phi) is 7.63. The van der Waals surface area contributed by atoms with Gasteiger partial charge in [-0.1, -0.05) is 6.92 Å². The zero-order valence-electron chi connectivity index (χ0n) is 14.3. The van der Waals surface area contributed by atoms with E-state index in [9.17, 15) is 4.79 Å². The lowest BCUT2D eigenvalue weighted by Crippen LogP contribution is -2.61. The molecule has 0 amide bonds. The van der Waals surface area contributed by atoms with Crippen molar-refractivity contribution in [2.24, 2.45) is 5.92 Å². The summed E-state index contributed by atoms with van der Waals surface area (Å²) >= 11 is 0. The molecule has 0 aromatic heterocycles. The summed E-state index contributed by atoms with van der Waals surface area (Å²) in [6.07, 6.45) is 3.45. The topological polar surface area (TPSA) is 50.8 Å². The Morgan fingerprint density at radius 2 is 2.10 bits per heavy atom. The van der Waals surface area contributed by atoms with Gasteiger partial charge in [0.05, 0.1) is 19.8 Å². The molecule has 0 aromatic rings. The van der Waals surface area contributed by atoms with Gasteiger partial charge in [0.1, 0.15) is 5.54 Å². The summed E-state index contributed by atoms with van der Waals surface area (Å²) < 4.78 is 10.7. The van der Waals surface area contributed by atoms with Crippen molar-refractivity contribution in [1.82, 2.24) is 10.2 Å². The number of methoxy groups -OCH3 is 1. The molecule has 0 aliphatic heterocycles. The minimum Gasteiger partial charge on any atom is -0.468 e. The molecule has 0 radical (unpaired) electrons. The molecule has 1 fully saturated rings. The van der Waals surface area contributed by atoms with Crippen molar-refractivity contribution in [2.75, 3.05) is 40.4 Å². The number of ether oxygens (including phenoxy) is 2. The lowest BCUT2D eigenvalue weighted by molar-refractivity contribution is -0.150. The van der Waals surface area contributed by atoms with E-state index in [0.717, 1.165) is 32.4 Å². The van der Waals surface area contributed by atoms with Crippen LogP contribution in [0.4, 0.5) is 0 Å². The van der Waals surface area contributed by atoms with E-state index in [1.54, 1.807) is 0 Å². The maximum Gasteiger partial charge on any atom is 0.327 e. The monoisotopic (exact) mass is 300 g/mol. The van der Waals surface area contributed by atoms with Crippen molar-refractivity contribution < 1.29 is 14.3 Å². The van der Waals surface area contributed by atoms with Gasteiger partial charge in [-0.25, -0.2) is 4.79 Å². The first kappa shape index (κ1) is 18.4. The number of nitrogens with one attached hydrogen (secondary N) is 1. The normalized spacial score (nSPS) is 18.0. The van der Waals surface area contributed by atoms with Gasteiger partial charge in [0.15, 0.2) is 0 Å². The lowest BCUT2D eigenvalue weighted by Gasteiger charge is -2.36. The summed E-state index contributed by atoms with van der Waals surface area (Å²) in [5.74, 6) is 0.264. The number of hydrogen-bond donors (Lipinski definition) is 1. The Bertz CT molecular complexity index is 319. The van der Waals surface area contributed by atoms with Crippen molar-refractivity contribution in [1.29, 1.82) is 0 Å². The minimum absolute atomic E-state index is 0.130. The summed E-state index contributed by atoms with van der Waals surface area (Å²) in [7, 11) is 3.52. The standard InChI is InChI=1S/C16H32N2O3/c1-6-9-17-16(14-7-8-14,15(19)20-5)12-18(4)10-11-21-13(2)3/h13-14,17H,6-12H2,1-5H3. The summed E-state index contributed by atoms with van der Waals surface area (Å²) in [6, 6.07) is 0. The molecule has 124 valence electrons. The van der Waals surface area contributed by atoms with E-state index >= 15 is 0 Å². The molecule has 5 heteroatoms. The second kappa shape index (κ2) is 8.71. The van der Waals surface area contributed by atoms with E-state index in [1.807, 2.05) is 20.9 Å². The third-order valence-electron chi connectivity index (χ3n) is 3.96. The molecule has 1 N–H and O–H groups in total. The van der Waals surface area contributed by atoms with Gasteiger partial charge >= 0.3 is 5.97 Å². The van der Waals surface area contributed by atoms with E-state index in [2.05, 4.69) is 17.1 Å². The quantitative estimate of drug-likeness (QED) is 0.588. The fourth-order valence-corrected chi connectivity index (χ4v) is 2.69. The Labute approximate surface area is 129 Å². The van der Waals surface area contributed by atoms with Crippen LogP contribution in [-0.2, 0) is 14.3 Å². The molecule has 21 heavy (non-hydrogen) atoms. The number of hydrogen-bond acceptors (Lipinski definition) is 5. The highest BCUT2D eigenvalue weighted by Crippen LogP contribution is 2.41. The SMILES string of the molecule is CCCNC(CN(C)CCOC(C)C)(C(=O)OC)C1CC1. The fourth-order valence-electron chi connectivity index (χ4n) is 2.69. The Balaban J connectivity index is 2.64. The first-order valence-corrected chi connectivity index (χ1v) is 8.09. The highest BCUT2D eigenvalue weighted by atomic mass is 16.5. The van der Waals surface area contributed by atoms with Gasteiger partial charge in [0.25, 0.3) is 0 Å². The minimum atomic E-state index is -0.558. The first-order valence-electron chi connectivity index (χ1n) is 8.09. The predicted octanol–water partition coefficient (Wildman–Crippen LogP) is 1.66. The molecular formula is C16H32N2O3. The molecule has 0 heterocycles. The van der Waals surface area contributed by atoms with E-state index in [4.69, 9.17) is 9.47 Å². The molecule has 5 nitrogen and oxygen atoms in total. The number of likely N-dealkylation sites (N-methyl/N-ethyl adjacent to an activating group) is 1. The highest BCUT2D eigenvalue weighted by Gasteiger charge is 2.51. The Hall–Kier alpha value is -0.650. The molecular weight excluding hydrogens is 268 g/mol. The number of carbonyl (C=O) groups excluding carboxylic acids is 1. The maximum absolute atomic E-state index is 12.4. The van der Waals surface area contributed by atoms with Crippen LogP contribution in [0.3, 0.4) is 0 Å². The predicted molar refractivity (Wildman–Crippen MR) is 84.3 cm³/mol. The molecule has 0 aromatic carbocycles. The van der Waals surface area contributed by atoms with Gasteiger partial charge in [-0.2, -0.15) is 0 Å². The zero-order valence-corrected chi connectivity index (χ0v) is 14.3. The highest BCUT2D eigenvalue weighted by molar-refractivity contribution is 5.82. The third kappa shape index (κ3) is 5.57. The van der Waals surface area contributed by atoms with Gasteiger partial charge in [-0.15, -0.1) is 0 Å². The maximum atomic E-state index is 12.4. The van der Waals surface area contributed by atoms with Gasteiger partial charge < -0.3 is 19.7 Å². The van der Waals surface area contributed by atoms with Crippen LogP contribution in [0.1, 0.15) is 40.0 Å². The van der Waals surface area contributed by atoms with Crippen LogP contribution >= 0.6 is 0 Å². The van der Waals surface area contributed by atoms with Crippen LogP contribution in [0.5, 0.6) is 0 Å². The van der Waals surface area contributed by atoms with E-state index in [-0.39, 0.29) is 12.1 Å². The van der Waals surface area contributed by atoms with E-state index < -0.39 is 5.54 Å². The molecule has 1 saturated carbocycles. The molecule has 1 aliphatic carbocycles. The lowest BCUT2D eigenvalue weighted by atomic mass is 9.92.